The van der Waals surface area contributed by atoms with Gasteiger partial charge in [0.25, 0.3) is 5.56 Å². The number of carbonyl (C=O) groups excluding carboxylic acids is 2. The van der Waals surface area contributed by atoms with Crippen molar-refractivity contribution < 1.29 is 28.6 Å². The number of amides is 3. The first-order valence-electron chi connectivity index (χ1n) is 11.1. The molecule has 2 aromatic heterocycles. The van der Waals surface area contributed by atoms with Gasteiger partial charge >= 0.3 is 12.0 Å². The van der Waals surface area contributed by atoms with Crippen LogP contribution >= 0.6 is 23.2 Å². The van der Waals surface area contributed by atoms with Crippen molar-refractivity contribution in [1.82, 2.24) is 14.5 Å². The molecule has 0 unspecified atom stereocenters. The summed E-state index contributed by atoms with van der Waals surface area (Å²) >= 11 is 11.7. The Kier molecular flexibility index (Phi) is 7.95. The van der Waals surface area contributed by atoms with E-state index in [1.54, 1.807) is 6.07 Å². The number of nitrogens with one attached hydrogen (secondary N) is 2. The molecule has 1 aliphatic rings. The molecule has 4 rings (SSSR count). The predicted octanol–water partition coefficient (Wildman–Crippen LogP) is 3.64. The monoisotopic (exact) mass is 563 g/mol. The van der Waals surface area contributed by atoms with Crippen LogP contribution in [0.5, 0.6) is 0 Å². The third kappa shape index (κ3) is 5.77. The highest BCUT2D eigenvalue weighted by atomic mass is 35.5. The molecule has 38 heavy (non-hydrogen) atoms. The second kappa shape index (κ2) is 11.2. The van der Waals surface area contributed by atoms with Gasteiger partial charge in [0.15, 0.2) is 0 Å². The number of aromatic carboxylic acids is 1. The number of carboxylic acids is 1. The van der Waals surface area contributed by atoms with Gasteiger partial charge in [-0.1, -0.05) is 23.2 Å². The fourth-order valence-corrected chi connectivity index (χ4v) is 4.26. The lowest BCUT2D eigenvalue weighted by Crippen LogP contribution is -2.45. The van der Waals surface area contributed by atoms with Crippen LogP contribution in [0.2, 0.25) is 10.0 Å². The van der Waals surface area contributed by atoms with Crippen LogP contribution in [0.25, 0.3) is 5.69 Å². The second-order valence-corrected chi connectivity index (χ2v) is 9.13. The van der Waals surface area contributed by atoms with Crippen molar-refractivity contribution in [2.24, 2.45) is 0 Å². The smallest absolute Gasteiger partial charge is 0.341 e. The van der Waals surface area contributed by atoms with Gasteiger partial charge in [0.2, 0.25) is 5.91 Å². The highest BCUT2D eigenvalue weighted by molar-refractivity contribution is 6.31. The largest absolute Gasteiger partial charge is 0.477 e. The number of halogens is 3. The van der Waals surface area contributed by atoms with E-state index in [1.165, 1.54) is 36.4 Å². The third-order valence-electron chi connectivity index (χ3n) is 5.82. The maximum Gasteiger partial charge on any atom is 0.341 e. The molecular formula is C24H20Cl2FN5O6. The lowest BCUT2D eigenvalue weighted by molar-refractivity contribution is -0.119. The molecule has 3 N–H and O–H groups in total. The molecule has 198 valence electrons. The first kappa shape index (κ1) is 27.0. The molecule has 0 aliphatic carbocycles. The van der Waals surface area contributed by atoms with Gasteiger partial charge in [0.1, 0.15) is 23.2 Å². The molecule has 1 fully saturated rings. The maximum atomic E-state index is 15.0. The fourth-order valence-electron chi connectivity index (χ4n) is 3.94. The fraction of sp³-hybridized carbons (Fsp3) is 0.208. The normalized spacial score (nSPS) is 16.8. The SMILES string of the molecule is CO[C@@H]1C[C@H](C(=O)Nc2ccc(-n3cc(Cl)cc(C(=O)O)c3=O)cc2F)N(C(=O)Nc2ccc(Cl)cn2)C1. The van der Waals surface area contributed by atoms with Crippen LogP contribution in [-0.2, 0) is 9.53 Å². The van der Waals surface area contributed by atoms with Crippen molar-refractivity contribution in [3.8, 4) is 5.69 Å². The zero-order chi connectivity index (χ0) is 27.6. The Hall–Kier alpha value is -4.00. The summed E-state index contributed by atoms with van der Waals surface area (Å²) in [5.74, 6) is -2.82. The number of aromatic nitrogens is 2. The number of carbonyl (C=O) groups is 3. The van der Waals surface area contributed by atoms with Crippen molar-refractivity contribution in [1.29, 1.82) is 0 Å². The Morgan fingerprint density at radius 1 is 1.13 bits per heavy atom. The molecule has 3 aromatic rings. The first-order valence-corrected chi connectivity index (χ1v) is 11.8. The van der Waals surface area contributed by atoms with Gasteiger partial charge in [-0.15, -0.1) is 0 Å². The van der Waals surface area contributed by atoms with Crippen LogP contribution in [-0.4, -0.2) is 63.3 Å². The van der Waals surface area contributed by atoms with Gasteiger partial charge in [0.05, 0.1) is 27.5 Å². The number of urea groups is 1. The van der Waals surface area contributed by atoms with Gasteiger partial charge in [0, 0.05) is 38.5 Å². The van der Waals surface area contributed by atoms with Gasteiger partial charge in [-0.3, -0.25) is 19.5 Å². The molecule has 14 heteroatoms. The lowest BCUT2D eigenvalue weighted by Gasteiger charge is -2.24. The third-order valence-corrected chi connectivity index (χ3v) is 6.26. The molecule has 0 saturated carbocycles. The number of methoxy groups -OCH3 is 1. The molecule has 0 radical (unpaired) electrons. The van der Waals surface area contributed by atoms with Gasteiger partial charge in [-0.05, 0) is 30.3 Å². The summed E-state index contributed by atoms with van der Waals surface area (Å²) in [6, 6.07) is 5.91. The minimum absolute atomic E-state index is 0.00715. The minimum atomic E-state index is -1.48. The van der Waals surface area contributed by atoms with Crippen molar-refractivity contribution in [3.05, 3.63) is 80.6 Å². The topological polar surface area (TPSA) is 143 Å². The second-order valence-electron chi connectivity index (χ2n) is 8.26. The summed E-state index contributed by atoms with van der Waals surface area (Å²) in [5, 5.41) is 14.6. The standard InChI is InChI=1S/C24H20Cl2FN5O6/c1-38-15-8-19(32(11-15)24(37)30-20-5-2-12(25)9-28-20)21(33)29-18-4-3-14(7-17(18)27)31-10-13(26)6-16(22(31)34)23(35)36/h2-7,9-10,15,19H,8,11H2,1H3,(H,29,33)(H,35,36)(H,28,30,37)/t15-,19-/m1/s1. The number of likely N-dealkylation sites (tertiary alicyclic amines) is 1. The number of hydrogen-bond acceptors (Lipinski definition) is 6. The summed E-state index contributed by atoms with van der Waals surface area (Å²) < 4.78 is 21.2. The number of hydrogen-bond donors (Lipinski definition) is 3. The number of nitrogens with zero attached hydrogens (tertiary/aromatic N) is 3. The van der Waals surface area contributed by atoms with E-state index >= 15 is 0 Å². The van der Waals surface area contributed by atoms with Crippen LogP contribution in [0.3, 0.4) is 0 Å². The first-order chi connectivity index (χ1) is 18.1. The molecule has 11 nitrogen and oxygen atoms in total. The maximum absolute atomic E-state index is 15.0. The zero-order valence-electron chi connectivity index (χ0n) is 19.7. The number of carboxylic acid groups (broad SMARTS) is 1. The summed E-state index contributed by atoms with van der Waals surface area (Å²) in [5.41, 5.74) is -1.72. The average Bonchev–Trinajstić information content (AvgIpc) is 3.33. The highest BCUT2D eigenvalue weighted by Crippen LogP contribution is 2.25. The van der Waals surface area contributed by atoms with Gasteiger partial charge in [-0.25, -0.2) is 19.0 Å². The van der Waals surface area contributed by atoms with E-state index in [4.69, 9.17) is 27.9 Å². The van der Waals surface area contributed by atoms with E-state index in [1.807, 2.05) is 0 Å². The molecule has 1 aromatic carbocycles. The Labute approximate surface area is 224 Å². The molecule has 0 spiro atoms. The number of anilines is 2. The van der Waals surface area contributed by atoms with E-state index in [9.17, 15) is 28.7 Å². The summed E-state index contributed by atoms with van der Waals surface area (Å²) in [6.45, 7) is 0.110. The molecule has 3 amide bonds. The number of pyridine rings is 2. The molecule has 0 bridgehead atoms. The van der Waals surface area contributed by atoms with Crippen LogP contribution in [0.1, 0.15) is 16.8 Å². The lowest BCUT2D eigenvalue weighted by atomic mass is 10.1. The van der Waals surface area contributed by atoms with E-state index in [0.717, 1.165) is 22.9 Å². The van der Waals surface area contributed by atoms with E-state index in [0.29, 0.717) is 5.02 Å². The zero-order valence-corrected chi connectivity index (χ0v) is 21.2. The predicted molar refractivity (Wildman–Crippen MR) is 137 cm³/mol. The van der Waals surface area contributed by atoms with E-state index in [2.05, 4.69) is 15.6 Å². The average molecular weight is 564 g/mol. The Balaban J connectivity index is 1.54. The van der Waals surface area contributed by atoms with Crippen molar-refractivity contribution in [2.75, 3.05) is 24.3 Å². The molecule has 1 aliphatic heterocycles. The molecule has 2 atom stereocenters. The number of ether oxygens (including phenoxy) is 1. The van der Waals surface area contributed by atoms with Crippen molar-refractivity contribution >= 4 is 52.6 Å². The van der Waals surface area contributed by atoms with Crippen LogP contribution in [0.4, 0.5) is 20.7 Å². The van der Waals surface area contributed by atoms with Gasteiger partial charge in [-0.2, -0.15) is 0 Å². The summed E-state index contributed by atoms with van der Waals surface area (Å²) in [7, 11) is 1.45. The van der Waals surface area contributed by atoms with Crippen LogP contribution in [0.15, 0.2) is 53.6 Å². The molecule has 1 saturated heterocycles. The Bertz CT molecular complexity index is 1470. The van der Waals surface area contributed by atoms with Crippen LogP contribution < -0.4 is 16.2 Å². The summed E-state index contributed by atoms with van der Waals surface area (Å²) in [6.07, 6.45) is 2.24. The quantitative estimate of drug-likeness (QED) is 0.415. The Morgan fingerprint density at radius 2 is 1.89 bits per heavy atom. The molecule has 3 heterocycles. The highest BCUT2D eigenvalue weighted by Gasteiger charge is 2.40. The van der Waals surface area contributed by atoms with E-state index < -0.39 is 47.0 Å². The van der Waals surface area contributed by atoms with Crippen molar-refractivity contribution in [3.63, 3.8) is 0 Å². The van der Waals surface area contributed by atoms with Crippen molar-refractivity contribution in [2.45, 2.75) is 18.6 Å². The number of benzene rings is 1. The Morgan fingerprint density at radius 3 is 2.53 bits per heavy atom. The van der Waals surface area contributed by atoms with Crippen LogP contribution in [0, 0.1) is 5.82 Å². The summed E-state index contributed by atoms with van der Waals surface area (Å²) in [4.78, 5) is 55.0. The molecular weight excluding hydrogens is 544 g/mol. The van der Waals surface area contributed by atoms with E-state index in [-0.39, 0.29) is 35.2 Å². The minimum Gasteiger partial charge on any atom is -0.477 e. The van der Waals surface area contributed by atoms with Gasteiger partial charge < -0.3 is 20.1 Å². The number of rotatable bonds is 6.